The van der Waals surface area contributed by atoms with E-state index >= 15 is 0 Å². The Morgan fingerprint density at radius 3 is 2.48 bits per heavy atom. The highest BCUT2D eigenvalue weighted by molar-refractivity contribution is 6.35. The number of ether oxygens (including phenoxy) is 2. The van der Waals surface area contributed by atoms with E-state index in [0.29, 0.717) is 22.6 Å². The third-order valence-corrected chi connectivity index (χ3v) is 4.56. The molecule has 0 saturated carbocycles. The van der Waals surface area contributed by atoms with Crippen LogP contribution in [0.4, 0.5) is 0 Å². The van der Waals surface area contributed by atoms with Gasteiger partial charge in [-0.3, -0.25) is 0 Å². The smallest absolute Gasteiger partial charge is 0.140 e. The highest BCUT2D eigenvalue weighted by Crippen LogP contribution is 2.32. The van der Waals surface area contributed by atoms with Crippen LogP contribution in [0.3, 0.4) is 0 Å². The minimum atomic E-state index is -0.0150. The van der Waals surface area contributed by atoms with Gasteiger partial charge in [0.2, 0.25) is 0 Å². The van der Waals surface area contributed by atoms with Gasteiger partial charge in [0, 0.05) is 11.6 Å². The molecule has 1 unspecified atom stereocenters. The summed E-state index contributed by atoms with van der Waals surface area (Å²) in [5.74, 6) is 1.37. The van der Waals surface area contributed by atoms with Crippen LogP contribution in [-0.4, -0.2) is 18.8 Å². The summed E-state index contributed by atoms with van der Waals surface area (Å²) in [6.45, 7) is 12.1. The van der Waals surface area contributed by atoms with Crippen molar-refractivity contribution in [2.24, 2.45) is 5.92 Å². The van der Waals surface area contributed by atoms with E-state index in [4.69, 9.17) is 32.7 Å². The van der Waals surface area contributed by atoms with Crippen LogP contribution in [0.15, 0.2) is 12.1 Å². The average Bonchev–Trinajstić information content (AvgIpc) is 2.41. The van der Waals surface area contributed by atoms with Gasteiger partial charge in [0.1, 0.15) is 5.75 Å². The average molecular weight is 361 g/mol. The zero-order chi connectivity index (χ0) is 17.5. The van der Waals surface area contributed by atoms with Crippen LogP contribution in [0, 0.1) is 12.8 Å². The van der Waals surface area contributed by atoms with Crippen molar-refractivity contribution >= 4 is 23.2 Å². The first-order valence-electron chi connectivity index (χ1n) is 8.47. The molecule has 0 aliphatic heterocycles. The Hall–Kier alpha value is -0.440. The summed E-state index contributed by atoms with van der Waals surface area (Å²) >= 11 is 12.2. The zero-order valence-electron chi connectivity index (χ0n) is 15.0. The molecule has 0 N–H and O–H groups in total. The first kappa shape index (κ1) is 20.6. The summed E-state index contributed by atoms with van der Waals surface area (Å²) in [6, 6.07) is 3.60. The second-order valence-corrected chi connectivity index (χ2v) is 7.70. The summed E-state index contributed by atoms with van der Waals surface area (Å²) in [5, 5.41) is 1.23. The maximum Gasteiger partial charge on any atom is 0.140 e. The van der Waals surface area contributed by atoms with E-state index in [1.807, 2.05) is 19.9 Å². The van der Waals surface area contributed by atoms with E-state index in [9.17, 15) is 0 Å². The third kappa shape index (κ3) is 7.78. The molecule has 1 aromatic rings. The first-order valence-corrected chi connectivity index (χ1v) is 9.23. The van der Waals surface area contributed by atoms with Gasteiger partial charge in [0.05, 0.1) is 17.2 Å². The van der Waals surface area contributed by atoms with Crippen molar-refractivity contribution in [2.75, 3.05) is 13.2 Å². The Bertz CT molecular complexity index is 463. The maximum atomic E-state index is 6.19. The van der Waals surface area contributed by atoms with Crippen LogP contribution in [0.25, 0.3) is 0 Å². The molecular formula is C19H30Cl2O2. The number of benzene rings is 1. The fourth-order valence-corrected chi connectivity index (χ4v) is 3.37. The molecule has 4 heteroatoms. The topological polar surface area (TPSA) is 18.5 Å². The van der Waals surface area contributed by atoms with Crippen LogP contribution in [-0.2, 0) is 4.74 Å². The zero-order valence-corrected chi connectivity index (χ0v) is 16.6. The third-order valence-electron chi connectivity index (χ3n) is 4.06. The molecule has 0 saturated heterocycles. The predicted molar refractivity (Wildman–Crippen MR) is 100 cm³/mol. The molecule has 132 valence electrons. The van der Waals surface area contributed by atoms with E-state index in [2.05, 4.69) is 20.8 Å². The molecule has 23 heavy (non-hydrogen) atoms. The molecule has 0 amide bonds. The van der Waals surface area contributed by atoms with E-state index in [1.165, 1.54) is 12.8 Å². The Kier molecular flexibility index (Phi) is 8.74. The van der Waals surface area contributed by atoms with Crippen molar-refractivity contribution < 1.29 is 9.47 Å². The molecule has 2 nitrogen and oxygen atoms in total. The predicted octanol–water partition coefficient (Wildman–Crippen LogP) is 6.69. The molecule has 0 heterocycles. The molecule has 0 bridgehead atoms. The van der Waals surface area contributed by atoms with Crippen LogP contribution in [0.2, 0.25) is 10.0 Å². The van der Waals surface area contributed by atoms with Gasteiger partial charge < -0.3 is 9.47 Å². The molecule has 0 spiro atoms. The second kappa shape index (κ2) is 9.76. The standard InChI is InChI=1S/C19H30Cl2O2/c1-6-23-19(4,5)10-7-8-14(2)9-11-22-18-15(3)12-16(20)13-17(18)21/h12-14H,6-11H2,1-5H3. The van der Waals surface area contributed by atoms with Gasteiger partial charge in [-0.1, -0.05) is 43.0 Å². The van der Waals surface area contributed by atoms with Gasteiger partial charge in [-0.05, 0) is 64.2 Å². The molecule has 0 aliphatic rings. The minimum Gasteiger partial charge on any atom is -0.492 e. The minimum absolute atomic E-state index is 0.0150. The number of halogens is 2. The summed E-state index contributed by atoms with van der Waals surface area (Å²) in [4.78, 5) is 0. The number of rotatable bonds is 10. The van der Waals surface area contributed by atoms with E-state index in [1.54, 1.807) is 6.07 Å². The van der Waals surface area contributed by atoms with Crippen molar-refractivity contribution in [1.29, 1.82) is 0 Å². The second-order valence-electron chi connectivity index (χ2n) is 6.86. The maximum absolute atomic E-state index is 6.19. The molecule has 0 aromatic heterocycles. The van der Waals surface area contributed by atoms with Crippen molar-refractivity contribution in [3.63, 3.8) is 0 Å². The lowest BCUT2D eigenvalue weighted by atomic mass is 9.95. The first-order chi connectivity index (χ1) is 10.7. The summed E-state index contributed by atoms with van der Waals surface area (Å²) in [5.41, 5.74) is 0.965. The van der Waals surface area contributed by atoms with Crippen molar-refractivity contribution in [2.45, 2.75) is 65.9 Å². The molecule has 0 radical (unpaired) electrons. The lowest BCUT2D eigenvalue weighted by Gasteiger charge is -2.25. The van der Waals surface area contributed by atoms with Crippen LogP contribution < -0.4 is 4.74 Å². The molecule has 0 aliphatic carbocycles. The van der Waals surface area contributed by atoms with Crippen molar-refractivity contribution in [1.82, 2.24) is 0 Å². The lowest BCUT2D eigenvalue weighted by molar-refractivity contribution is -0.0183. The Morgan fingerprint density at radius 2 is 1.87 bits per heavy atom. The van der Waals surface area contributed by atoms with Gasteiger partial charge in [0.15, 0.2) is 0 Å². The van der Waals surface area contributed by atoms with Gasteiger partial charge in [-0.25, -0.2) is 0 Å². The number of hydrogen-bond acceptors (Lipinski definition) is 2. The molecule has 0 fully saturated rings. The summed E-state index contributed by atoms with van der Waals surface area (Å²) in [6.07, 6.45) is 4.48. The van der Waals surface area contributed by atoms with E-state index in [0.717, 1.165) is 30.8 Å². The van der Waals surface area contributed by atoms with Gasteiger partial charge >= 0.3 is 0 Å². The number of aryl methyl sites for hydroxylation is 1. The highest BCUT2D eigenvalue weighted by atomic mass is 35.5. The largest absolute Gasteiger partial charge is 0.492 e. The normalized spacial score (nSPS) is 13.2. The lowest BCUT2D eigenvalue weighted by Crippen LogP contribution is -2.24. The van der Waals surface area contributed by atoms with Crippen LogP contribution in [0.5, 0.6) is 5.75 Å². The van der Waals surface area contributed by atoms with Gasteiger partial charge in [-0.15, -0.1) is 0 Å². The van der Waals surface area contributed by atoms with Gasteiger partial charge in [0.25, 0.3) is 0 Å². The van der Waals surface area contributed by atoms with E-state index < -0.39 is 0 Å². The summed E-state index contributed by atoms with van der Waals surface area (Å²) in [7, 11) is 0. The fraction of sp³-hybridized carbons (Fsp3) is 0.684. The fourth-order valence-electron chi connectivity index (χ4n) is 2.72. The van der Waals surface area contributed by atoms with Crippen molar-refractivity contribution in [3.05, 3.63) is 27.7 Å². The molecular weight excluding hydrogens is 331 g/mol. The Labute approximate surface area is 151 Å². The Morgan fingerprint density at radius 1 is 1.17 bits per heavy atom. The highest BCUT2D eigenvalue weighted by Gasteiger charge is 2.17. The SMILES string of the molecule is CCOC(C)(C)CCCC(C)CCOc1c(C)cc(Cl)cc1Cl. The van der Waals surface area contributed by atoms with Gasteiger partial charge in [-0.2, -0.15) is 0 Å². The Balaban J connectivity index is 2.31. The molecule has 1 rings (SSSR count). The van der Waals surface area contributed by atoms with Crippen LogP contribution >= 0.6 is 23.2 Å². The quantitative estimate of drug-likeness (QED) is 0.462. The monoisotopic (exact) mass is 360 g/mol. The molecule has 1 aromatic carbocycles. The molecule has 1 atom stereocenters. The summed E-state index contributed by atoms with van der Waals surface area (Å²) < 4.78 is 11.6. The van der Waals surface area contributed by atoms with Crippen LogP contribution in [0.1, 0.15) is 58.9 Å². The van der Waals surface area contributed by atoms with Crippen molar-refractivity contribution in [3.8, 4) is 5.75 Å². The van der Waals surface area contributed by atoms with E-state index in [-0.39, 0.29) is 5.60 Å². The number of hydrogen-bond donors (Lipinski definition) is 0.